The molecule has 5 nitrogen and oxygen atoms in total. The van der Waals surface area contributed by atoms with Crippen molar-refractivity contribution in [3.63, 3.8) is 0 Å². The molecule has 0 radical (unpaired) electrons. The number of hydrogen-bond donors (Lipinski definition) is 0. The van der Waals surface area contributed by atoms with Crippen LogP contribution in [0.4, 0.5) is 0 Å². The maximum Gasteiger partial charge on any atom is 0.297 e. The minimum Gasteiger partial charge on any atom is -0.379 e. The summed E-state index contributed by atoms with van der Waals surface area (Å²) in [4.78, 5) is 0.161. The van der Waals surface area contributed by atoms with Crippen LogP contribution in [0.2, 0.25) is 0 Å². The lowest BCUT2D eigenvalue weighted by Gasteiger charge is -2.07. The first-order chi connectivity index (χ1) is 9.56. The molecule has 0 N–H and O–H groups in total. The summed E-state index contributed by atoms with van der Waals surface area (Å²) in [5.74, 6) is 0. The normalized spacial score (nSPS) is 11.7. The Morgan fingerprint density at radius 1 is 0.900 bits per heavy atom. The number of ether oxygens (including phenoxy) is 2. The van der Waals surface area contributed by atoms with Crippen LogP contribution in [0.25, 0.3) is 0 Å². The Morgan fingerprint density at radius 3 is 2.05 bits per heavy atom. The van der Waals surface area contributed by atoms with Gasteiger partial charge in [-0.15, -0.1) is 0 Å². The third-order valence-electron chi connectivity index (χ3n) is 2.50. The summed E-state index contributed by atoms with van der Waals surface area (Å²) >= 11 is 0. The maximum atomic E-state index is 11.8. The first-order valence-electron chi connectivity index (χ1n) is 6.68. The third-order valence-corrected chi connectivity index (χ3v) is 3.82. The standard InChI is InChI=1S/C14H22O5S/c1-3-8-17-9-10-18-11-12-19-20(15,16)14-6-4-13(2)5-7-14/h4-7H,3,8-12H2,1-2H3. The van der Waals surface area contributed by atoms with E-state index in [4.69, 9.17) is 13.7 Å². The van der Waals surface area contributed by atoms with E-state index in [1.807, 2.05) is 13.8 Å². The summed E-state index contributed by atoms with van der Waals surface area (Å²) in [5.41, 5.74) is 0.999. The Bertz CT molecular complexity index is 467. The second-order valence-electron chi connectivity index (χ2n) is 4.31. The molecule has 0 fully saturated rings. The molecule has 0 amide bonds. The van der Waals surface area contributed by atoms with Crippen molar-refractivity contribution in [2.45, 2.75) is 25.2 Å². The molecule has 0 spiro atoms. The van der Waals surface area contributed by atoms with Gasteiger partial charge in [0.05, 0.1) is 31.3 Å². The van der Waals surface area contributed by atoms with Gasteiger partial charge >= 0.3 is 0 Å². The van der Waals surface area contributed by atoms with E-state index >= 15 is 0 Å². The Morgan fingerprint density at radius 2 is 1.45 bits per heavy atom. The molecule has 0 aliphatic heterocycles. The van der Waals surface area contributed by atoms with Crippen molar-refractivity contribution < 1.29 is 22.1 Å². The molecule has 0 aromatic heterocycles. The van der Waals surface area contributed by atoms with E-state index in [-0.39, 0.29) is 18.1 Å². The summed E-state index contributed by atoms with van der Waals surface area (Å²) < 4.78 is 39.0. The molecule has 20 heavy (non-hydrogen) atoms. The highest BCUT2D eigenvalue weighted by atomic mass is 32.2. The van der Waals surface area contributed by atoms with Gasteiger partial charge in [0.2, 0.25) is 0 Å². The highest BCUT2D eigenvalue weighted by Gasteiger charge is 2.14. The van der Waals surface area contributed by atoms with Gasteiger partial charge in [0.1, 0.15) is 0 Å². The second-order valence-corrected chi connectivity index (χ2v) is 5.93. The van der Waals surface area contributed by atoms with Crippen molar-refractivity contribution in [1.82, 2.24) is 0 Å². The zero-order valence-electron chi connectivity index (χ0n) is 12.0. The third kappa shape index (κ3) is 6.47. The monoisotopic (exact) mass is 302 g/mol. The van der Waals surface area contributed by atoms with Crippen molar-refractivity contribution in [2.75, 3.05) is 33.0 Å². The topological polar surface area (TPSA) is 61.8 Å². The average Bonchev–Trinajstić information content (AvgIpc) is 2.42. The Balaban J connectivity index is 2.22. The van der Waals surface area contributed by atoms with Crippen LogP contribution in [0, 0.1) is 6.92 Å². The predicted octanol–water partition coefficient (Wildman–Crippen LogP) is 2.14. The van der Waals surface area contributed by atoms with Gasteiger partial charge < -0.3 is 9.47 Å². The van der Waals surface area contributed by atoms with Gasteiger partial charge in [-0.25, -0.2) is 0 Å². The van der Waals surface area contributed by atoms with Gasteiger partial charge in [0, 0.05) is 6.61 Å². The lowest BCUT2D eigenvalue weighted by molar-refractivity contribution is 0.0373. The second kappa shape index (κ2) is 9.07. The number of aryl methyl sites for hydroxylation is 1. The summed E-state index contributed by atoms with van der Waals surface area (Å²) in [5, 5.41) is 0. The molecule has 0 unspecified atom stereocenters. The van der Waals surface area contributed by atoms with Crippen molar-refractivity contribution in [3.8, 4) is 0 Å². The van der Waals surface area contributed by atoms with Gasteiger partial charge in [-0.1, -0.05) is 24.6 Å². The molecule has 0 atom stereocenters. The van der Waals surface area contributed by atoms with E-state index in [0.717, 1.165) is 12.0 Å². The lowest BCUT2D eigenvalue weighted by atomic mass is 10.2. The van der Waals surface area contributed by atoms with Crippen LogP contribution in [-0.4, -0.2) is 41.5 Å². The van der Waals surface area contributed by atoms with Gasteiger partial charge in [0.15, 0.2) is 0 Å². The van der Waals surface area contributed by atoms with Crippen molar-refractivity contribution in [2.24, 2.45) is 0 Å². The molecule has 1 aromatic rings. The zero-order chi connectivity index (χ0) is 14.8. The predicted molar refractivity (Wildman–Crippen MR) is 76.2 cm³/mol. The molecule has 114 valence electrons. The molecule has 1 rings (SSSR count). The highest BCUT2D eigenvalue weighted by Crippen LogP contribution is 2.12. The molecule has 6 heteroatoms. The Hall–Kier alpha value is -0.950. The average molecular weight is 302 g/mol. The Labute approximate surface area is 121 Å². The van der Waals surface area contributed by atoms with Gasteiger partial charge in [-0.05, 0) is 25.5 Å². The van der Waals surface area contributed by atoms with Crippen molar-refractivity contribution >= 4 is 10.1 Å². The highest BCUT2D eigenvalue weighted by molar-refractivity contribution is 7.86. The summed E-state index contributed by atoms with van der Waals surface area (Å²) in [6.45, 7) is 5.81. The number of rotatable bonds is 10. The van der Waals surface area contributed by atoms with Crippen LogP contribution in [0.5, 0.6) is 0 Å². The van der Waals surface area contributed by atoms with Gasteiger partial charge in [0.25, 0.3) is 10.1 Å². The van der Waals surface area contributed by atoms with E-state index in [1.165, 1.54) is 12.1 Å². The van der Waals surface area contributed by atoms with E-state index in [1.54, 1.807) is 12.1 Å². The molecule has 0 aliphatic carbocycles. The van der Waals surface area contributed by atoms with E-state index in [0.29, 0.717) is 19.8 Å². The molecule has 0 saturated heterocycles. The summed E-state index contributed by atoms with van der Waals surface area (Å²) in [7, 11) is -3.69. The van der Waals surface area contributed by atoms with Crippen LogP contribution in [-0.2, 0) is 23.8 Å². The zero-order valence-corrected chi connectivity index (χ0v) is 12.8. The molecular formula is C14H22O5S. The maximum absolute atomic E-state index is 11.8. The SMILES string of the molecule is CCCOCCOCCOS(=O)(=O)c1ccc(C)cc1. The molecule has 0 aliphatic rings. The van der Waals surface area contributed by atoms with Crippen molar-refractivity contribution in [3.05, 3.63) is 29.8 Å². The van der Waals surface area contributed by atoms with Gasteiger partial charge in [-0.2, -0.15) is 8.42 Å². The first-order valence-corrected chi connectivity index (χ1v) is 8.08. The van der Waals surface area contributed by atoms with Crippen LogP contribution in [0.3, 0.4) is 0 Å². The largest absolute Gasteiger partial charge is 0.379 e. The fourth-order valence-electron chi connectivity index (χ4n) is 1.44. The summed E-state index contributed by atoms with van der Waals surface area (Å²) in [6.07, 6.45) is 0.970. The molecule has 1 aromatic carbocycles. The van der Waals surface area contributed by atoms with Crippen molar-refractivity contribution in [1.29, 1.82) is 0 Å². The van der Waals surface area contributed by atoms with Crippen LogP contribution in [0.1, 0.15) is 18.9 Å². The Kier molecular flexibility index (Phi) is 7.76. The van der Waals surface area contributed by atoms with Gasteiger partial charge in [-0.3, -0.25) is 4.18 Å². The van der Waals surface area contributed by atoms with E-state index < -0.39 is 10.1 Å². The van der Waals surface area contributed by atoms with Crippen LogP contribution in [0.15, 0.2) is 29.2 Å². The summed E-state index contributed by atoms with van der Waals surface area (Å²) in [6, 6.07) is 6.53. The van der Waals surface area contributed by atoms with Crippen LogP contribution >= 0.6 is 0 Å². The van der Waals surface area contributed by atoms with E-state index in [2.05, 4.69) is 0 Å². The van der Waals surface area contributed by atoms with E-state index in [9.17, 15) is 8.42 Å². The molecule has 0 saturated carbocycles. The molecule has 0 bridgehead atoms. The first kappa shape index (κ1) is 17.1. The minimum absolute atomic E-state index is 0.00396. The number of benzene rings is 1. The molecule has 0 heterocycles. The van der Waals surface area contributed by atoms with Crippen LogP contribution < -0.4 is 0 Å². The fourth-order valence-corrected chi connectivity index (χ4v) is 2.33. The fraction of sp³-hybridized carbons (Fsp3) is 0.571. The minimum atomic E-state index is -3.69. The lowest BCUT2D eigenvalue weighted by Crippen LogP contribution is -2.13. The quantitative estimate of drug-likeness (QED) is 0.489. The number of hydrogen-bond acceptors (Lipinski definition) is 5. The molecular weight excluding hydrogens is 280 g/mol. The smallest absolute Gasteiger partial charge is 0.297 e.